The van der Waals surface area contributed by atoms with Crippen molar-refractivity contribution < 1.29 is 14.6 Å². The van der Waals surface area contributed by atoms with E-state index in [1.165, 1.54) is 12.1 Å². The molecule has 94 valence electrons. The van der Waals surface area contributed by atoms with Gasteiger partial charge in [-0.1, -0.05) is 30.3 Å². The summed E-state index contributed by atoms with van der Waals surface area (Å²) in [4.78, 5) is 12.3. The number of ether oxygens (including phenoxy) is 1. The van der Waals surface area contributed by atoms with Crippen LogP contribution in [0.3, 0.4) is 0 Å². The molecule has 0 bridgehead atoms. The summed E-state index contributed by atoms with van der Waals surface area (Å²) in [7, 11) is 0. The molecule has 0 saturated carbocycles. The molecule has 0 aliphatic carbocycles. The normalized spacial score (nSPS) is 16.0. The highest BCUT2D eigenvalue weighted by Crippen LogP contribution is 2.30. The standard InChI is InChI=1S/C16H12O3/c17-13-6-7-14-15(9-13)19-10-12(16(14)18)8-11-4-2-1-3-5-11/h1-9,17H,10H2/b12-8+. The van der Waals surface area contributed by atoms with Gasteiger partial charge in [-0.15, -0.1) is 0 Å². The molecule has 2 aromatic rings. The fourth-order valence-electron chi connectivity index (χ4n) is 2.07. The van der Waals surface area contributed by atoms with Crippen LogP contribution < -0.4 is 4.74 Å². The molecule has 0 radical (unpaired) electrons. The largest absolute Gasteiger partial charge is 0.508 e. The molecule has 19 heavy (non-hydrogen) atoms. The van der Waals surface area contributed by atoms with Crippen LogP contribution in [0.4, 0.5) is 0 Å². The monoisotopic (exact) mass is 252 g/mol. The number of aromatic hydroxyl groups is 1. The first-order valence-corrected chi connectivity index (χ1v) is 6.00. The van der Waals surface area contributed by atoms with E-state index in [0.717, 1.165) is 5.56 Å². The molecule has 0 amide bonds. The highest BCUT2D eigenvalue weighted by atomic mass is 16.5. The Labute approximate surface area is 110 Å². The summed E-state index contributed by atoms with van der Waals surface area (Å²) in [6.45, 7) is 0.226. The molecule has 3 rings (SSSR count). The van der Waals surface area contributed by atoms with E-state index in [4.69, 9.17) is 4.74 Å². The summed E-state index contributed by atoms with van der Waals surface area (Å²) in [5.41, 5.74) is 2.08. The maximum absolute atomic E-state index is 12.3. The zero-order valence-corrected chi connectivity index (χ0v) is 10.2. The number of phenolic OH excluding ortho intramolecular Hbond substituents is 1. The van der Waals surface area contributed by atoms with Gasteiger partial charge in [-0.25, -0.2) is 0 Å². The van der Waals surface area contributed by atoms with Crippen LogP contribution in [-0.4, -0.2) is 17.5 Å². The molecular formula is C16H12O3. The van der Waals surface area contributed by atoms with Crippen LogP contribution in [0.25, 0.3) is 6.08 Å². The second kappa shape index (κ2) is 4.61. The average molecular weight is 252 g/mol. The molecule has 1 N–H and O–H groups in total. The number of carbonyl (C=O) groups is 1. The van der Waals surface area contributed by atoms with E-state index in [-0.39, 0.29) is 18.1 Å². The Hall–Kier alpha value is -2.55. The maximum Gasteiger partial charge on any atom is 0.196 e. The summed E-state index contributed by atoms with van der Waals surface area (Å²) in [6.07, 6.45) is 1.83. The molecule has 3 heteroatoms. The lowest BCUT2D eigenvalue weighted by Gasteiger charge is -2.18. The molecular weight excluding hydrogens is 240 g/mol. The van der Waals surface area contributed by atoms with Crippen molar-refractivity contribution in [3.05, 3.63) is 65.2 Å². The van der Waals surface area contributed by atoms with E-state index < -0.39 is 0 Å². The lowest BCUT2D eigenvalue weighted by Crippen LogP contribution is -2.18. The maximum atomic E-state index is 12.3. The second-order valence-corrected chi connectivity index (χ2v) is 4.38. The second-order valence-electron chi connectivity index (χ2n) is 4.38. The summed E-state index contributed by atoms with van der Waals surface area (Å²) in [5.74, 6) is 0.488. The predicted octanol–water partition coefficient (Wildman–Crippen LogP) is 3.05. The van der Waals surface area contributed by atoms with Gasteiger partial charge in [0.2, 0.25) is 0 Å². The molecule has 2 aromatic carbocycles. The van der Waals surface area contributed by atoms with Crippen molar-refractivity contribution in [3.8, 4) is 11.5 Å². The number of Topliss-reactive ketones (excluding diaryl/α,β-unsaturated/α-hetero) is 1. The van der Waals surface area contributed by atoms with E-state index in [0.29, 0.717) is 16.9 Å². The van der Waals surface area contributed by atoms with Crippen LogP contribution in [0.1, 0.15) is 15.9 Å². The minimum absolute atomic E-state index is 0.0508. The van der Waals surface area contributed by atoms with Crippen molar-refractivity contribution >= 4 is 11.9 Å². The highest BCUT2D eigenvalue weighted by molar-refractivity contribution is 6.14. The smallest absolute Gasteiger partial charge is 0.196 e. The molecule has 0 atom stereocenters. The fraction of sp³-hybridized carbons (Fsp3) is 0.0625. The van der Waals surface area contributed by atoms with E-state index >= 15 is 0 Å². The van der Waals surface area contributed by atoms with Crippen molar-refractivity contribution in [1.82, 2.24) is 0 Å². The summed E-state index contributed by atoms with van der Waals surface area (Å²) < 4.78 is 5.51. The van der Waals surface area contributed by atoms with Crippen molar-refractivity contribution in [1.29, 1.82) is 0 Å². The number of phenols is 1. The molecule has 1 aliphatic rings. The number of rotatable bonds is 1. The topological polar surface area (TPSA) is 46.5 Å². The Morgan fingerprint density at radius 1 is 1.11 bits per heavy atom. The first-order valence-electron chi connectivity index (χ1n) is 6.00. The first kappa shape index (κ1) is 11.5. The summed E-state index contributed by atoms with van der Waals surface area (Å²) >= 11 is 0. The van der Waals surface area contributed by atoms with Gasteiger partial charge in [-0.2, -0.15) is 0 Å². The van der Waals surface area contributed by atoms with Crippen molar-refractivity contribution in [3.63, 3.8) is 0 Å². The molecule has 1 aliphatic heterocycles. The van der Waals surface area contributed by atoms with Crippen LogP contribution in [0.2, 0.25) is 0 Å². The number of hydrogen-bond donors (Lipinski definition) is 1. The van der Waals surface area contributed by atoms with Gasteiger partial charge in [-0.05, 0) is 23.8 Å². The van der Waals surface area contributed by atoms with E-state index in [9.17, 15) is 9.90 Å². The van der Waals surface area contributed by atoms with Crippen molar-refractivity contribution in [2.45, 2.75) is 0 Å². The Bertz CT molecular complexity index is 657. The van der Waals surface area contributed by atoms with Gasteiger partial charge in [0.1, 0.15) is 18.1 Å². The van der Waals surface area contributed by atoms with Gasteiger partial charge in [-0.3, -0.25) is 4.79 Å². The minimum Gasteiger partial charge on any atom is -0.508 e. The molecule has 0 saturated heterocycles. The Morgan fingerprint density at radius 3 is 2.68 bits per heavy atom. The van der Waals surface area contributed by atoms with Crippen molar-refractivity contribution in [2.75, 3.05) is 6.61 Å². The van der Waals surface area contributed by atoms with Crippen LogP contribution in [-0.2, 0) is 0 Å². The molecule has 3 nitrogen and oxygen atoms in total. The highest BCUT2D eigenvalue weighted by Gasteiger charge is 2.23. The first-order chi connectivity index (χ1) is 9.24. The van der Waals surface area contributed by atoms with E-state index in [1.807, 2.05) is 36.4 Å². The molecule has 0 spiro atoms. The molecule has 1 heterocycles. The zero-order valence-electron chi connectivity index (χ0n) is 10.2. The Kier molecular flexibility index (Phi) is 2.80. The zero-order chi connectivity index (χ0) is 13.2. The summed E-state index contributed by atoms with van der Waals surface area (Å²) in [6, 6.07) is 14.2. The van der Waals surface area contributed by atoms with Crippen LogP contribution >= 0.6 is 0 Å². The lowest BCUT2D eigenvalue weighted by molar-refractivity contribution is 0.100. The van der Waals surface area contributed by atoms with E-state index in [1.54, 1.807) is 6.07 Å². The van der Waals surface area contributed by atoms with Crippen LogP contribution in [0, 0.1) is 0 Å². The fourth-order valence-corrected chi connectivity index (χ4v) is 2.07. The Balaban J connectivity index is 1.98. The van der Waals surface area contributed by atoms with Crippen LogP contribution in [0.15, 0.2) is 54.1 Å². The van der Waals surface area contributed by atoms with Crippen molar-refractivity contribution in [2.24, 2.45) is 0 Å². The third kappa shape index (κ3) is 2.22. The van der Waals surface area contributed by atoms with Gasteiger partial charge in [0.25, 0.3) is 0 Å². The number of fused-ring (bicyclic) bond motifs is 1. The Morgan fingerprint density at radius 2 is 1.89 bits per heavy atom. The van der Waals surface area contributed by atoms with Gasteiger partial charge >= 0.3 is 0 Å². The minimum atomic E-state index is -0.0508. The SMILES string of the molecule is O=C1/C(=C/c2ccccc2)COc2cc(O)ccc21. The quantitative estimate of drug-likeness (QED) is 0.793. The number of benzene rings is 2. The van der Waals surface area contributed by atoms with Gasteiger partial charge in [0.05, 0.1) is 5.56 Å². The molecule has 0 unspecified atom stereocenters. The number of ketones is 1. The van der Waals surface area contributed by atoms with Gasteiger partial charge in [0, 0.05) is 11.6 Å². The number of carbonyl (C=O) groups excluding carboxylic acids is 1. The van der Waals surface area contributed by atoms with Gasteiger partial charge < -0.3 is 9.84 Å². The van der Waals surface area contributed by atoms with Gasteiger partial charge in [0.15, 0.2) is 5.78 Å². The third-order valence-corrected chi connectivity index (χ3v) is 3.03. The predicted molar refractivity (Wildman–Crippen MR) is 72.4 cm³/mol. The molecule has 0 fully saturated rings. The molecule has 0 aromatic heterocycles. The van der Waals surface area contributed by atoms with E-state index in [2.05, 4.69) is 0 Å². The average Bonchev–Trinajstić information content (AvgIpc) is 2.43. The third-order valence-electron chi connectivity index (χ3n) is 3.03. The number of hydrogen-bond acceptors (Lipinski definition) is 3. The summed E-state index contributed by atoms with van der Waals surface area (Å²) in [5, 5.41) is 9.37. The lowest BCUT2D eigenvalue weighted by atomic mass is 9.98. The van der Waals surface area contributed by atoms with Crippen LogP contribution in [0.5, 0.6) is 11.5 Å².